The Morgan fingerprint density at radius 3 is 2.29 bits per heavy atom. The highest BCUT2D eigenvalue weighted by atomic mass is 35.5. The van der Waals surface area contributed by atoms with Gasteiger partial charge in [-0.2, -0.15) is 0 Å². The second-order valence-electron chi connectivity index (χ2n) is 9.25. The maximum absolute atomic E-state index is 13.6. The quantitative estimate of drug-likeness (QED) is 0.535. The average Bonchev–Trinajstić information content (AvgIpc) is 2.82. The Morgan fingerprint density at radius 1 is 1.06 bits per heavy atom. The molecule has 0 saturated heterocycles. The largest absolute Gasteiger partial charge is 0.352 e. The van der Waals surface area contributed by atoms with Crippen molar-refractivity contribution in [3.63, 3.8) is 0 Å². The van der Waals surface area contributed by atoms with Crippen molar-refractivity contribution in [1.29, 1.82) is 0 Å². The summed E-state index contributed by atoms with van der Waals surface area (Å²) in [5, 5.41) is 3.31. The van der Waals surface area contributed by atoms with E-state index >= 15 is 0 Å². The van der Waals surface area contributed by atoms with Gasteiger partial charge in [0, 0.05) is 12.6 Å². The van der Waals surface area contributed by atoms with Gasteiger partial charge < -0.3 is 10.2 Å². The zero-order chi connectivity index (χ0) is 25.6. The molecule has 0 aliphatic heterocycles. The summed E-state index contributed by atoms with van der Waals surface area (Å²) in [7, 11) is -3.82. The van der Waals surface area contributed by atoms with E-state index in [-0.39, 0.29) is 29.2 Å². The molecule has 0 aromatic heterocycles. The van der Waals surface area contributed by atoms with E-state index in [0.717, 1.165) is 47.4 Å². The summed E-state index contributed by atoms with van der Waals surface area (Å²) in [5.41, 5.74) is 2.15. The van der Waals surface area contributed by atoms with Crippen LogP contribution in [0.5, 0.6) is 0 Å². The monoisotopic (exact) mass is 519 g/mol. The summed E-state index contributed by atoms with van der Waals surface area (Å²) in [6, 6.07) is 13.5. The molecule has 1 N–H and O–H groups in total. The van der Waals surface area contributed by atoms with Crippen molar-refractivity contribution in [2.75, 3.05) is 17.1 Å². The lowest BCUT2D eigenvalue weighted by molar-refractivity contribution is -0.139. The van der Waals surface area contributed by atoms with E-state index < -0.39 is 28.5 Å². The van der Waals surface area contributed by atoms with Crippen LogP contribution in [0.25, 0.3) is 0 Å². The van der Waals surface area contributed by atoms with Gasteiger partial charge in [0.2, 0.25) is 21.8 Å². The van der Waals surface area contributed by atoms with Gasteiger partial charge in [-0.25, -0.2) is 8.42 Å². The van der Waals surface area contributed by atoms with Crippen molar-refractivity contribution in [1.82, 2.24) is 10.2 Å². The Kier molecular flexibility index (Phi) is 9.19. The number of anilines is 1. The van der Waals surface area contributed by atoms with Crippen LogP contribution in [-0.2, 0) is 26.2 Å². The Morgan fingerprint density at radius 2 is 1.69 bits per heavy atom. The first-order valence-corrected chi connectivity index (χ1v) is 14.2. The van der Waals surface area contributed by atoms with Crippen LogP contribution in [0.3, 0.4) is 0 Å². The normalized spacial score (nSPS) is 15.3. The summed E-state index contributed by atoms with van der Waals surface area (Å²) in [5.74, 6) is -0.719. The number of halogens is 1. The highest BCUT2D eigenvalue weighted by Gasteiger charge is 2.31. The number of nitrogens with zero attached hydrogens (tertiary/aromatic N) is 2. The Bertz CT molecular complexity index is 1130. The minimum absolute atomic E-state index is 0.102. The number of carbonyl (C=O) groups is 2. The van der Waals surface area contributed by atoms with Crippen LogP contribution in [0.2, 0.25) is 5.02 Å². The molecular formula is C26H34ClN3O4S. The van der Waals surface area contributed by atoms with E-state index in [9.17, 15) is 18.0 Å². The number of amides is 2. The maximum atomic E-state index is 13.6. The number of carbonyl (C=O) groups excluding carboxylic acids is 2. The fourth-order valence-corrected chi connectivity index (χ4v) is 5.44. The number of aryl methyl sites for hydroxylation is 1. The molecular weight excluding hydrogens is 486 g/mol. The molecule has 2 aromatic carbocycles. The zero-order valence-corrected chi connectivity index (χ0v) is 22.1. The summed E-state index contributed by atoms with van der Waals surface area (Å²) in [4.78, 5) is 28.2. The zero-order valence-electron chi connectivity index (χ0n) is 20.5. The molecule has 1 atom stereocenters. The van der Waals surface area contributed by atoms with Crippen molar-refractivity contribution < 1.29 is 18.0 Å². The van der Waals surface area contributed by atoms with Gasteiger partial charge in [0.1, 0.15) is 12.6 Å². The van der Waals surface area contributed by atoms with Crippen LogP contribution >= 0.6 is 11.6 Å². The second-order valence-corrected chi connectivity index (χ2v) is 11.6. The molecule has 1 aliphatic rings. The predicted octanol–water partition coefficient (Wildman–Crippen LogP) is 4.28. The predicted molar refractivity (Wildman–Crippen MR) is 140 cm³/mol. The summed E-state index contributed by atoms with van der Waals surface area (Å²) in [6.45, 7) is 3.37. The van der Waals surface area contributed by atoms with Gasteiger partial charge >= 0.3 is 0 Å². The van der Waals surface area contributed by atoms with Crippen LogP contribution < -0.4 is 9.62 Å². The molecule has 3 rings (SSSR count). The maximum Gasteiger partial charge on any atom is 0.244 e. The molecule has 0 spiro atoms. The third-order valence-electron chi connectivity index (χ3n) is 6.39. The molecule has 9 heteroatoms. The van der Waals surface area contributed by atoms with E-state index in [2.05, 4.69) is 5.32 Å². The molecule has 1 saturated carbocycles. The molecule has 0 heterocycles. The smallest absolute Gasteiger partial charge is 0.244 e. The lowest BCUT2D eigenvalue weighted by Crippen LogP contribution is -2.53. The van der Waals surface area contributed by atoms with E-state index in [1.54, 1.807) is 31.2 Å². The van der Waals surface area contributed by atoms with Crippen LogP contribution in [0, 0.1) is 6.92 Å². The first-order valence-electron chi connectivity index (χ1n) is 11.9. The van der Waals surface area contributed by atoms with Crippen LogP contribution in [0.15, 0.2) is 48.5 Å². The van der Waals surface area contributed by atoms with Gasteiger partial charge in [-0.15, -0.1) is 0 Å². The molecule has 1 aliphatic carbocycles. The molecule has 190 valence electrons. The topological polar surface area (TPSA) is 86.8 Å². The second kappa shape index (κ2) is 11.9. The lowest BCUT2D eigenvalue weighted by atomic mass is 9.95. The highest BCUT2D eigenvalue weighted by Crippen LogP contribution is 2.27. The van der Waals surface area contributed by atoms with E-state index in [1.807, 2.05) is 31.2 Å². The number of rotatable bonds is 9. The molecule has 2 aromatic rings. The fraction of sp³-hybridized carbons (Fsp3) is 0.462. The highest BCUT2D eigenvalue weighted by molar-refractivity contribution is 7.92. The molecule has 1 fully saturated rings. The van der Waals surface area contributed by atoms with Gasteiger partial charge in [-0.1, -0.05) is 72.8 Å². The first kappa shape index (κ1) is 27.0. The molecule has 0 unspecified atom stereocenters. The van der Waals surface area contributed by atoms with Gasteiger partial charge in [0.05, 0.1) is 17.0 Å². The Balaban J connectivity index is 1.87. The van der Waals surface area contributed by atoms with Gasteiger partial charge in [-0.05, 0) is 44.4 Å². The summed E-state index contributed by atoms with van der Waals surface area (Å²) >= 11 is 6.26. The molecule has 0 radical (unpaired) electrons. The van der Waals surface area contributed by atoms with Crippen molar-refractivity contribution >= 4 is 39.1 Å². The third-order valence-corrected chi connectivity index (χ3v) is 7.84. The summed E-state index contributed by atoms with van der Waals surface area (Å²) < 4.78 is 26.2. The standard InChI is InChI=1S/C26H34ClN3O4S/c1-19-13-15-21(16-14-19)17-29(20(2)26(32)28-22-9-5-4-6-10-22)25(31)18-30(35(3,33)34)24-12-8-7-11-23(24)27/h7-8,11-16,20,22H,4-6,9-10,17-18H2,1-3H3,(H,28,32)/t20-/m0/s1. The third kappa shape index (κ3) is 7.45. The number of hydrogen-bond acceptors (Lipinski definition) is 4. The van der Waals surface area contributed by atoms with E-state index in [4.69, 9.17) is 11.6 Å². The van der Waals surface area contributed by atoms with Crippen LogP contribution in [0.4, 0.5) is 5.69 Å². The molecule has 7 nitrogen and oxygen atoms in total. The van der Waals surface area contributed by atoms with Crippen molar-refractivity contribution in [2.45, 2.75) is 64.6 Å². The number of nitrogens with one attached hydrogen (secondary N) is 1. The number of para-hydroxylation sites is 1. The van der Waals surface area contributed by atoms with Crippen LogP contribution in [0.1, 0.15) is 50.2 Å². The first-order chi connectivity index (χ1) is 16.6. The Hall–Kier alpha value is -2.58. The molecule has 2 amide bonds. The average molecular weight is 520 g/mol. The number of sulfonamides is 1. The Labute approximate surface area is 213 Å². The van der Waals surface area contributed by atoms with Crippen molar-refractivity contribution in [2.24, 2.45) is 0 Å². The summed E-state index contributed by atoms with van der Waals surface area (Å²) in [6.07, 6.45) is 6.22. The van der Waals surface area contributed by atoms with E-state index in [1.165, 1.54) is 11.3 Å². The van der Waals surface area contributed by atoms with E-state index in [0.29, 0.717) is 0 Å². The number of hydrogen-bond donors (Lipinski definition) is 1. The van der Waals surface area contributed by atoms with Gasteiger partial charge in [0.25, 0.3) is 0 Å². The minimum Gasteiger partial charge on any atom is -0.352 e. The molecule has 35 heavy (non-hydrogen) atoms. The lowest BCUT2D eigenvalue weighted by Gasteiger charge is -2.33. The van der Waals surface area contributed by atoms with Crippen molar-refractivity contribution in [3.8, 4) is 0 Å². The minimum atomic E-state index is -3.82. The fourth-order valence-electron chi connectivity index (χ4n) is 4.29. The van der Waals surface area contributed by atoms with Gasteiger partial charge in [0.15, 0.2) is 0 Å². The number of benzene rings is 2. The SMILES string of the molecule is Cc1ccc(CN(C(=O)CN(c2ccccc2Cl)S(C)(=O)=O)[C@@H](C)C(=O)NC2CCCCC2)cc1. The van der Waals surface area contributed by atoms with Crippen molar-refractivity contribution in [3.05, 3.63) is 64.7 Å². The molecule has 0 bridgehead atoms. The van der Waals surface area contributed by atoms with Crippen LogP contribution in [-0.4, -0.2) is 50.0 Å². The van der Waals surface area contributed by atoms with Gasteiger partial charge in [-0.3, -0.25) is 13.9 Å².